The van der Waals surface area contributed by atoms with Gasteiger partial charge in [-0.15, -0.1) is 0 Å². The number of Topliss-reactive ketones (excluding diaryl/α,β-unsaturated/α-hetero) is 1. The second kappa shape index (κ2) is 6.32. The molecule has 0 spiro atoms. The van der Waals surface area contributed by atoms with Crippen LogP contribution in [0, 0.1) is 0 Å². The fraction of sp³-hybridized carbons (Fsp3) is 0.200. The van der Waals surface area contributed by atoms with Crippen LogP contribution in [0.3, 0.4) is 0 Å². The first-order valence-electron chi connectivity index (χ1n) is 7.89. The SMILES string of the molecule is CC(=O)C1=C(O)C(=O)N([C@H](C)c2ccccc2)[C@@H]1c1ccccc1. The smallest absolute Gasteiger partial charge is 0.290 e. The molecule has 24 heavy (non-hydrogen) atoms. The Bertz CT molecular complexity index is 796. The molecule has 0 aliphatic carbocycles. The lowest BCUT2D eigenvalue weighted by atomic mass is 9.95. The number of amides is 1. The monoisotopic (exact) mass is 321 g/mol. The molecule has 1 amide bonds. The Morgan fingerprint density at radius 3 is 2.12 bits per heavy atom. The Morgan fingerprint density at radius 2 is 1.58 bits per heavy atom. The number of benzene rings is 2. The zero-order valence-corrected chi connectivity index (χ0v) is 13.6. The van der Waals surface area contributed by atoms with Crippen molar-refractivity contribution in [2.75, 3.05) is 0 Å². The van der Waals surface area contributed by atoms with Crippen molar-refractivity contribution >= 4 is 11.7 Å². The maximum Gasteiger partial charge on any atom is 0.290 e. The van der Waals surface area contributed by atoms with E-state index < -0.39 is 17.7 Å². The number of hydrogen-bond donors (Lipinski definition) is 1. The number of aliphatic hydroxyl groups excluding tert-OH is 1. The third-order valence-electron chi connectivity index (χ3n) is 4.44. The second-order valence-electron chi connectivity index (χ2n) is 5.93. The first-order chi connectivity index (χ1) is 11.5. The third kappa shape index (κ3) is 2.60. The van der Waals surface area contributed by atoms with E-state index in [9.17, 15) is 14.7 Å². The number of rotatable bonds is 4. The van der Waals surface area contributed by atoms with Gasteiger partial charge < -0.3 is 10.0 Å². The van der Waals surface area contributed by atoms with E-state index in [0.717, 1.165) is 11.1 Å². The van der Waals surface area contributed by atoms with Gasteiger partial charge >= 0.3 is 0 Å². The molecule has 0 radical (unpaired) electrons. The van der Waals surface area contributed by atoms with Crippen LogP contribution in [0.4, 0.5) is 0 Å². The predicted molar refractivity (Wildman–Crippen MR) is 91.2 cm³/mol. The van der Waals surface area contributed by atoms with Crippen molar-refractivity contribution < 1.29 is 14.7 Å². The fourth-order valence-corrected chi connectivity index (χ4v) is 3.24. The summed E-state index contributed by atoms with van der Waals surface area (Å²) in [6, 6.07) is 18.1. The molecule has 0 aromatic heterocycles. The number of carbonyl (C=O) groups is 2. The molecule has 1 heterocycles. The summed E-state index contributed by atoms with van der Waals surface area (Å²) in [5.74, 6) is -1.25. The normalized spacial score (nSPS) is 18.8. The lowest BCUT2D eigenvalue weighted by molar-refractivity contribution is -0.131. The van der Waals surface area contributed by atoms with Crippen LogP contribution in [0.5, 0.6) is 0 Å². The summed E-state index contributed by atoms with van der Waals surface area (Å²) in [5.41, 5.74) is 1.92. The summed E-state index contributed by atoms with van der Waals surface area (Å²) in [6.45, 7) is 3.28. The molecule has 1 N–H and O–H groups in total. The zero-order chi connectivity index (χ0) is 17.3. The number of ketones is 1. The third-order valence-corrected chi connectivity index (χ3v) is 4.44. The van der Waals surface area contributed by atoms with Crippen molar-refractivity contribution in [1.29, 1.82) is 0 Å². The summed E-state index contributed by atoms with van der Waals surface area (Å²) in [4.78, 5) is 26.4. The molecule has 1 aliphatic rings. The minimum absolute atomic E-state index is 0.161. The molecule has 0 saturated carbocycles. The van der Waals surface area contributed by atoms with Crippen LogP contribution < -0.4 is 0 Å². The average molecular weight is 321 g/mol. The minimum Gasteiger partial charge on any atom is -0.503 e. The van der Waals surface area contributed by atoms with E-state index in [4.69, 9.17) is 0 Å². The molecular weight excluding hydrogens is 302 g/mol. The Labute approximate surface area is 141 Å². The van der Waals surface area contributed by atoms with Crippen molar-refractivity contribution in [2.45, 2.75) is 25.9 Å². The van der Waals surface area contributed by atoms with Gasteiger partial charge in [0.25, 0.3) is 5.91 Å². The zero-order valence-electron chi connectivity index (χ0n) is 13.6. The molecule has 4 heteroatoms. The minimum atomic E-state index is -0.577. The summed E-state index contributed by atoms with van der Waals surface area (Å²) in [6.07, 6.45) is 0. The molecule has 0 fully saturated rings. The molecule has 2 atom stereocenters. The van der Waals surface area contributed by atoms with Gasteiger partial charge in [0.15, 0.2) is 11.5 Å². The average Bonchev–Trinajstić information content (AvgIpc) is 2.87. The van der Waals surface area contributed by atoms with E-state index in [2.05, 4.69) is 0 Å². The Balaban J connectivity index is 2.11. The number of aliphatic hydroxyl groups is 1. The van der Waals surface area contributed by atoms with Gasteiger partial charge in [-0.1, -0.05) is 60.7 Å². The molecule has 2 aromatic rings. The van der Waals surface area contributed by atoms with Gasteiger partial charge in [0.05, 0.1) is 17.7 Å². The molecular formula is C20H19NO3. The van der Waals surface area contributed by atoms with Crippen LogP contribution in [0.2, 0.25) is 0 Å². The molecule has 0 saturated heterocycles. The van der Waals surface area contributed by atoms with Crippen molar-refractivity contribution in [3.63, 3.8) is 0 Å². The molecule has 0 unspecified atom stereocenters. The summed E-state index contributed by atoms with van der Waals surface area (Å²) >= 11 is 0. The van der Waals surface area contributed by atoms with Gasteiger partial charge in [-0.25, -0.2) is 0 Å². The van der Waals surface area contributed by atoms with Crippen LogP contribution in [-0.4, -0.2) is 21.7 Å². The van der Waals surface area contributed by atoms with Crippen LogP contribution in [0.25, 0.3) is 0 Å². The highest BCUT2D eigenvalue weighted by molar-refractivity contribution is 6.08. The Morgan fingerprint density at radius 1 is 1.04 bits per heavy atom. The van der Waals surface area contributed by atoms with Crippen molar-refractivity contribution in [3.05, 3.63) is 83.1 Å². The lowest BCUT2D eigenvalue weighted by Crippen LogP contribution is -2.33. The fourth-order valence-electron chi connectivity index (χ4n) is 3.24. The quantitative estimate of drug-likeness (QED) is 0.933. The molecule has 122 valence electrons. The van der Waals surface area contributed by atoms with E-state index in [1.165, 1.54) is 6.92 Å². The predicted octanol–water partition coefficient (Wildman–Crippen LogP) is 3.73. The van der Waals surface area contributed by atoms with Crippen LogP contribution >= 0.6 is 0 Å². The number of nitrogens with zero attached hydrogens (tertiary/aromatic N) is 1. The second-order valence-corrected chi connectivity index (χ2v) is 5.93. The summed E-state index contributed by atoms with van der Waals surface area (Å²) in [5, 5.41) is 10.3. The largest absolute Gasteiger partial charge is 0.503 e. The van der Waals surface area contributed by atoms with Gasteiger partial charge in [0.1, 0.15) is 0 Å². The van der Waals surface area contributed by atoms with Gasteiger partial charge in [0.2, 0.25) is 0 Å². The maximum atomic E-state index is 12.7. The molecule has 2 aromatic carbocycles. The van der Waals surface area contributed by atoms with Crippen LogP contribution in [0.1, 0.15) is 37.1 Å². The maximum absolute atomic E-state index is 12.7. The van der Waals surface area contributed by atoms with E-state index in [-0.39, 0.29) is 17.4 Å². The highest BCUT2D eigenvalue weighted by atomic mass is 16.3. The van der Waals surface area contributed by atoms with Crippen molar-refractivity contribution in [2.24, 2.45) is 0 Å². The molecule has 4 nitrogen and oxygen atoms in total. The first kappa shape index (κ1) is 16.0. The summed E-state index contributed by atoms with van der Waals surface area (Å²) in [7, 11) is 0. The van der Waals surface area contributed by atoms with Gasteiger partial charge in [-0.3, -0.25) is 9.59 Å². The van der Waals surface area contributed by atoms with E-state index >= 15 is 0 Å². The highest BCUT2D eigenvalue weighted by Crippen LogP contribution is 2.42. The first-order valence-corrected chi connectivity index (χ1v) is 7.89. The molecule has 0 bridgehead atoms. The van der Waals surface area contributed by atoms with Crippen molar-refractivity contribution in [3.8, 4) is 0 Å². The van der Waals surface area contributed by atoms with Crippen molar-refractivity contribution in [1.82, 2.24) is 4.90 Å². The lowest BCUT2D eigenvalue weighted by Gasteiger charge is -2.32. The van der Waals surface area contributed by atoms with Gasteiger partial charge in [0, 0.05) is 0 Å². The standard InChI is InChI=1S/C20H19NO3/c1-13(15-9-5-3-6-10-15)21-18(16-11-7-4-8-12-16)17(14(2)22)19(23)20(21)24/h3-13,18,23H,1-2H3/t13-,18-/m1/s1. The summed E-state index contributed by atoms with van der Waals surface area (Å²) < 4.78 is 0. The Kier molecular flexibility index (Phi) is 4.21. The highest BCUT2D eigenvalue weighted by Gasteiger charge is 2.44. The van der Waals surface area contributed by atoms with Crippen LogP contribution in [0.15, 0.2) is 72.0 Å². The molecule has 3 rings (SSSR count). The Hall–Kier alpha value is -2.88. The molecule has 1 aliphatic heterocycles. The topological polar surface area (TPSA) is 57.6 Å². The van der Waals surface area contributed by atoms with Crippen LogP contribution in [-0.2, 0) is 9.59 Å². The van der Waals surface area contributed by atoms with Gasteiger partial charge in [-0.05, 0) is 25.0 Å². The van der Waals surface area contributed by atoms with Gasteiger partial charge in [-0.2, -0.15) is 0 Å². The number of carbonyl (C=O) groups excluding carboxylic acids is 2. The number of hydrogen-bond acceptors (Lipinski definition) is 3. The van der Waals surface area contributed by atoms with E-state index in [1.807, 2.05) is 67.6 Å². The van der Waals surface area contributed by atoms with E-state index in [1.54, 1.807) is 4.90 Å². The van der Waals surface area contributed by atoms with E-state index in [0.29, 0.717) is 0 Å².